The number of benzene rings is 2. The molecule has 0 bridgehead atoms. The molecule has 5 nitrogen and oxygen atoms in total. The summed E-state index contributed by atoms with van der Waals surface area (Å²) < 4.78 is 28.7. The molecule has 1 heterocycles. The van der Waals surface area contributed by atoms with Crippen molar-refractivity contribution < 1.29 is 18.4 Å². The fourth-order valence-electron chi connectivity index (χ4n) is 4.22. The van der Waals surface area contributed by atoms with Crippen molar-refractivity contribution in [3.63, 3.8) is 0 Å². The zero-order valence-corrected chi connectivity index (χ0v) is 18.1. The minimum Gasteiger partial charge on any atom is -0.351 e. The van der Waals surface area contributed by atoms with Crippen molar-refractivity contribution in [3.05, 3.63) is 95.8 Å². The summed E-state index contributed by atoms with van der Waals surface area (Å²) in [6, 6.07) is 14.6. The average Bonchev–Trinajstić information content (AvgIpc) is 2.85. The van der Waals surface area contributed by atoms with Gasteiger partial charge < -0.3 is 5.32 Å². The van der Waals surface area contributed by atoms with E-state index in [0.717, 1.165) is 32.1 Å². The lowest BCUT2D eigenvalue weighted by atomic mass is 9.94. The van der Waals surface area contributed by atoms with Gasteiger partial charge in [0.2, 0.25) is 5.91 Å². The lowest BCUT2D eigenvalue weighted by molar-refractivity contribution is -0.123. The number of amides is 2. The van der Waals surface area contributed by atoms with E-state index in [2.05, 4.69) is 10.3 Å². The number of hydrogen-bond acceptors (Lipinski definition) is 3. The van der Waals surface area contributed by atoms with Crippen LogP contribution in [0.3, 0.4) is 0 Å². The van der Waals surface area contributed by atoms with Crippen LogP contribution >= 0.6 is 0 Å². The minimum absolute atomic E-state index is 0.0412. The maximum Gasteiger partial charge on any atom is 0.277 e. The quantitative estimate of drug-likeness (QED) is 0.563. The average molecular weight is 450 g/mol. The van der Waals surface area contributed by atoms with E-state index in [1.807, 2.05) is 0 Å². The molecule has 1 N–H and O–H groups in total. The molecule has 2 aromatic carbocycles. The Kier molecular flexibility index (Phi) is 7.07. The molecule has 1 aromatic heterocycles. The van der Waals surface area contributed by atoms with E-state index in [1.54, 1.807) is 18.2 Å². The molecule has 1 aliphatic rings. The number of nitrogens with zero attached hydrogens (tertiary/aromatic N) is 2. The van der Waals surface area contributed by atoms with Crippen molar-refractivity contribution in [2.24, 2.45) is 0 Å². The van der Waals surface area contributed by atoms with Crippen LogP contribution in [0.5, 0.6) is 0 Å². The second kappa shape index (κ2) is 10.3. The number of nitrogens with one attached hydrogen (secondary N) is 1. The molecule has 170 valence electrons. The van der Waals surface area contributed by atoms with Crippen LogP contribution < -0.4 is 10.2 Å². The molecule has 0 unspecified atom stereocenters. The van der Waals surface area contributed by atoms with Gasteiger partial charge in [0, 0.05) is 23.5 Å². The van der Waals surface area contributed by atoms with Crippen molar-refractivity contribution in [3.8, 4) is 0 Å². The highest BCUT2D eigenvalue weighted by atomic mass is 19.1. The zero-order valence-electron chi connectivity index (χ0n) is 18.1. The van der Waals surface area contributed by atoms with Crippen LogP contribution in [-0.4, -0.2) is 22.8 Å². The van der Waals surface area contributed by atoms with Crippen LogP contribution in [0.2, 0.25) is 0 Å². The van der Waals surface area contributed by atoms with Gasteiger partial charge in [-0.15, -0.1) is 0 Å². The summed E-state index contributed by atoms with van der Waals surface area (Å²) in [6.07, 6.45) is 6.26. The highest BCUT2D eigenvalue weighted by Gasteiger charge is 2.36. The van der Waals surface area contributed by atoms with E-state index in [9.17, 15) is 18.4 Å². The number of rotatable bonds is 6. The summed E-state index contributed by atoms with van der Waals surface area (Å²) in [7, 11) is 0. The van der Waals surface area contributed by atoms with Gasteiger partial charge in [0.25, 0.3) is 5.91 Å². The summed E-state index contributed by atoms with van der Waals surface area (Å²) in [5, 5.41) is 3.02. The van der Waals surface area contributed by atoms with Gasteiger partial charge in [-0.2, -0.15) is 0 Å². The van der Waals surface area contributed by atoms with Crippen molar-refractivity contribution in [1.82, 2.24) is 10.3 Å². The largest absolute Gasteiger partial charge is 0.351 e. The third-order valence-corrected chi connectivity index (χ3v) is 5.87. The van der Waals surface area contributed by atoms with Gasteiger partial charge in [0.05, 0.1) is 0 Å². The Morgan fingerprint density at radius 2 is 1.61 bits per heavy atom. The number of halogens is 2. The first kappa shape index (κ1) is 22.6. The van der Waals surface area contributed by atoms with Crippen molar-refractivity contribution in [2.45, 2.75) is 44.2 Å². The van der Waals surface area contributed by atoms with Crippen molar-refractivity contribution >= 4 is 17.5 Å². The molecule has 1 saturated carbocycles. The van der Waals surface area contributed by atoms with Gasteiger partial charge in [-0.3, -0.25) is 19.5 Å². The van der Waals surface area contributed by atoms with Crippen LogP contribution in [0.4, 0.5) is 14.5 Å². The Balaban J connectivity index is 1.81. The van der Waals surface area contributed by atoms with Crippen molar-refractivity contribution in [2.75, 3.05) is 4.90 Å². The second-order valence-electron chi connectivity index (χ2n) is 8.13. The molecule has 2 amide bonds. The molecule has 0 spiro atoms. The monoisotopic (exact) mass is 449 g/mol. The first-order chi connectivity index (χ1) is 16.0. The van der Waals surface area contributed by atoms with Gasteiger partial charge in [-0.05, 0) is 55.3 Å². The lowest BCUT2D eigenvalue weighted by Gasteiger charge is -2.33. The number of aromatic nitrogens is 1. The van der Waals surface area contributed by atoms with Crippen molar-refractivity contribution in [1.29, 1.82) is 0 Å². The molecule has 33 heavy (non-hydrogen) atoms. The Bertz CT molecular complexity index is 1100. The van der Waals surface area contributed by atoms with E-state index in [1.165, 1.54) is 59.6 Å². The van der Waals surface area contributed by atoms with Gasteiger partial charge in [-0.25, -0.2) is 8.78 Å². The van der Waals surface area contributed by atoms with Gasteiger partial charge in [0.15, 0.2) is 0 Å². The van der Waals surface area contributed by atoms with E-state index >= 15 is 0 Å². The maximum absolute atomic E-state index is 15.0. The fourth-order valence-corrected chi connectivity index (χ4v) is 4.22. The summed E-state index contributed by atoms with van der Waals surface area (Å²) in [5.74, 6) is -2.17. The standard InChI is InChI=1S/C26H25F2N3O2/c27-18-13-15-20(16-14-18)31(26(33)23-12-6-7-17-29-23)24(21-10-4-5-11-22(21)28)25(32)30-19-8-2-1-3-9-19/h4-7,10-17,19,24H,1-3,8-9H2,(H,30,32)/t24-/m0/s1. The van der Waals surface area contributed by atoms with Crippen LogP contribution in [-0.2, 0) is 4.79 Å². The molecular weight excluding hydrogens is 424 g/mol. The Labute approximate surface area is 191 Å². The highest BCUT2D eigenvalue weighted by Crippen LogP contribution is 2.32. The number of carbonyl (C=O) groups excluding carboxylic acids is 2. The second-order valence-corrected chi connectivity index (χ2v) is 8.13. The molecule has 1 aliphatic carbocycles. The Morgan fingerprint density at radius 1 is 0.909 bits per heavy atom. The molecule has 4 rings (SSSR count). The molecule has 1 fully saturated rings. The minimum atomic E-state index is -1.30. The molecule has 7 heteroatoms. The zero-order chi connectivity index (χ0) is 23.2. The lowest BCUT2D eigenvalue weighted by Crippen LogP contribution is -2.47. The topological polar surface area (TPSA) is 62.3 Å². The first-order valence-electron chi connectivity index (χ1n) is 11.1. The number of carbonyl (C=O) groups is 2. The van der Waals surface area contributed by atoms with Crippen LogP contribution in [0, 0.1) is 11.6 Å². The third kappa shape index (κ3) is 5.25. The first-order valence-corrected chi connectivity index (χ1v) is 11.1. The highest BCUT2D eigenvalue weighted by molar-refractivity contribution is 6.09. The third-order valence-electron chi connectivity index (χ3n) is 5.87. The summed E-state index contributed by atoms with van der Waals surface area (Å²) in [4.78, 5) is 32.6. The molecule has 0 saturated heterocycles. The van der Waals surface area contributed by atoms with E-state index in [0.29, 0.717) is 0 Å². The number of hydrogen-bond donors (Lipinski definition) is 1. The summed E-state index contributed by atoms with van der Waals surface area (Å²) in [6.45, 7) is 0. The summed E-state index contributed by atoms with van der Waals surface area (Å²) >= 11 is 0. The molecule has 3 aromatic rings. The smallest absolute Gasteiger partial charge is 0.277 e. The fraction of sp³-hybridized carbons (Fsp3) is 0.269. The molecule has 0 radical (unpaired) electrons. The van der Waals surface area contributed by atoms with Gasteiger partial charge in [-0.1, -0.05) is 43.5 Å². The van der Waals surface area contributed by atoms with Gasteiger partial charge in [0.1, 0.15) is 23.4 Å². The van der Waals surface area contributed by atoms with Crippen LogP contribution in [0.1, 0.15) is 54.2 Å². The van der Waals surface area contributed by atoms with Gasteiger partial charge >= 0.3 is 0 Å². The van der Waals surface area contributed by atoms with E-state index in [-0.39, 0.29) is 23.0 Å². The maximum atomic E-state index is 15.0. The Hall–Kier alpha value is -3.61. The van der Waals surface area contributed by atoms with Crippen LogP contribution in [0.15, 0.2) is 72.9 Å². The summed E-state index contributed by atoms with van der Waals surface area (Å²) in [5.41, 5.74) is 0.409. The number of pyridine rings is 1. The predicted molar refractivity (Wildman–Crippen MR) is 122 cm³/mol. The molecule has 1 atom stereocenters. The normalized spacial score (nSPS) is 15.0. The van der Waals surface area contributed by atoms with E-state index < -0.39 is 29.5 Å². The number of anilines is 1. The Morgan fingerprint density at radius 3 is 2.27 bits per heavy atom. The SMILES string of the molecule is O=C(NC1CCCCC1)[C@H](c1ccccc1F)N(C(=O)c1ccccn1)c1ccc(F)cc1. The molecular formula is C26H25F2N3O2. The molecule has 0 aliphatic heterocycles. The van der Waals surface area contributed by atoms with Crippen LogP contribution in [0.25, 0.3) is 0 Å². The van der Waals surface area contributed by atoms with E-state index in [4.69, 9.17) is 0 Å². The predicted octanol–water partition coefficient (Wildman–Crippen LogP) is 5.20.